The van der Waals surface area contributed by atoms with Crippen molar-refractivity contribution in [2.24, 2.45) is 0 Å². The minimum Gasteiger partial charge on any atom is -0.504 e. The van der Waals surface area contributed by atoms with Crippen LogP contribution in [0.3, 0.4) is 0 Å². The van der Waals surface area contributed by atoms with Crippen LogP contribution in [0.1, 0.15) is 15.9 Å². The van der Waals surface area contributed by atoms with Gasteiger partial charge in [0, 0.05) is 5.56 Å². The summed E-state index contributed by atoms with van der Waals surface area (Å²) >= 11 is 7.96. The molecule has 0 bridgehead atoms. The zero-order valence-electron chi connectivity index (χ0n) is 18.9. The van der Waals surface area contributed by atoms with E-state index in [2.05, 4.69) is 0 Å². The van der Waals surface area contributed by atoms with E-state index in [1.54, 1.807) is 16.7 Å². The molecule has 180 valence electrons. The number of hydrogen-bond donors (Lipinski definition) is 2. The van der Waals surface area contributed by atoms with Crippen molar-refractivity contribution in [2.45, 2.75) is 12.1 Å². The molecule has 5 aromatic rings. The number of carbonyl (C=O) groups is 1. The molecule has 2 heterocycles. The van der Waals surface area contributed by atoms with Crippen molar-refractivity contribution in [2.75, 3.05) is 5.75 Å². The Kier molecular flexibility index (Phi) is 6.48. The predicted molar refractivity (Wildman–Crippen MR) is 145 cm³/mol. The Morgan fingerprint density at radius 1 is 1.00 bits per heavy atom. The molecule has 0 amide bonds. The largest absolute Gasteiger partial charge is 0.504 e. The van der Waals surface area contributed by atoms with E-state index in [0.717, 1.165) is 23.0 Å². The fourth-order valence-corrected chi connectivity index (χ4v) is 5.96. The molecule has 0 aliphatic carbocycles. The zero-order chi connectivity index (χ0) is 25.4. The summed E-state index contributed by atoms with van der Waals surface area (Å²) in [6, 6.07) is 20.7. The third kappa shape index (κ3) is 4.34. The van der Waals surface area contributed by atoms with Gasteiger partial charge < -0.3 is 10.2 Å². The van der Waals surface area contributed by atoms with Crippen molar-refractivity contribution in [1.29, 1.82) is 0 Å². The van der Waals surface area contributed by atoms with E-state index in [4.69, 9.17) is 17.2 Å². The number of phenols is 2. The molecule has 0 aliphatic rings. The van der Waals surface area contributed by atoms with Crippen LogP contribution in [0.5, 0.6) is 11.5 Å². The number of benzene rings is 3. The Morgan fingerprint density at radius 3 is 2.44 bits per heavy atom. The zero-order valence-corrected chi connectivity index (χ0v) is 21.4. The molecular formula is C26H19N3O4S3. The third-order valence-corrected chi connectivity index (χ3v) is 7.87. The van der Waals surface area contributed by atoms with Gasteiger partial charge in [0.15, 0.2) is 32.0 Å². The number of aryl methyl sites for hydroxylation is 1. The third-order valence-electron chi connectivity index (χ3n) is 5.58. The average Bonchev–Trinajstić information content (AvgIpc) is 3.21. The standard InChI is InChI=1S/C26H19N3O4S3/c1-15-7-5-6-10-18(15)29-23-22(36-26(29)34)24(33)28(17-8-3-2-4-9-17)25(27-23)35-14-21(32)16-11-12-19(30)20(31)13-16/h2-13,30-31H,14H2,1H3. The number of thiazole rings is 1. The Hall–Kier alpha value is -3.73. The van der Waals surface area contributed by atoms with Crippen LogP contribution in [0.4, 0.5) is 0 Å². The summed E-state index contributed by atoms with van der Waals surface area (Å²) in [6.45, 7) is 1.97. The number of rotatable bonds is 6. The van der Waals surface area contributed by atoms with Crippen LogP contribution in [0.15, 0.2) is 82.7 Å². The van der Waals surface area contributed by atoms with Crippen LogP contribution in [-0.2, 0) is 0 Å². The monoisotopic (exact) mass is 533 g/mol. The number of Topliss-reactive ketones (excluding diaryl/α,β-unsaturated/α-hetero) is 1. The summed E-state index contributed by atoms with van der Waals surface area (Å²) in [7, 11) is 0. The molecule has 0 unspecified atom stereocenters. The highest BCUT2D eigenvalue weighted by Crippen LogP contribution is 2.30. The maximum atomic E-state index is 13.7. The van der Waals surface area contributed by atoms with E-state index in [0.29, 0.717) is 25.1 Å². The normalized spacial score (nSPS) is 11.1. The molecule has 0 saturated carbocycles. The number of carbonyl (C=O) groups excluding carboxylic acids is 1. The minimum absolute atomic E-state index is 0.0375. The number of ketones is 1. The number of nitrogens with zero attached hydrogens (tertiary/aromatic N) is 3. The first-order chi connectivity index (χ1) is 17.3. The fraction of sp³-hybridized carbons (Fsp3) is 0.0769. The number of fused-ring (bicyclic) bond motifs is 1. The van der Waals surface area contributed by atoms with Crippen LogP contribution in [0.25, 0.3) is 21.7 Å². The van der Waals surface area contributed by atoms with Gasteiger partial charge >= 0.3 is 0 Å². The molecule has 5 rings (SSSR count). The minimum atomic E-state index is -0.373. The summed E-state index contributed by atoms with van der Waals surface area (Å²) in [6.07, 6.45) is 0. The van der Waals surface area contributed by atoms with Crippen LogP contribution < -0.4 is 5.56 Å². The van der Waals surface area contributed by atoms with Crippen molar-refractivity contribution >= 4 is 51.4 Å². The smallest absolute Gasteiger partial charge is 0.278 e. The molecule has 2 aromatic heterocycles. The van der Waals surface area contributed by atoms with Gasteiger partial charge in [-0.25, -0.2) is 4.98 Å². The molecule has 10 heteroatoms. The maximum Gasteiger partial charge on any atom is 0.278 e. The summed E-state index contributed by atoms with van der Waals surface area (Å²) in [5, 5.41) is 19.6. The molecule has 0 radical (unpaired) electrons. The molecule has 0 aliphatic heterocycles. The molecule has 7 nitrogen and oxygen atoms in total. The lowest BCUT2D eigenvalue weighted by Gasteiger charge is -2.13. The second-order valence-electron chi connectivity index (χ2n) is 7.93. The Labute approximate surface area is 218 Å². The van der Waals surface area contributed by atoms with Gasteiger partial charge in [0.1, 0.15) is 4.70 Å². The van der Waals surface area contributed by atoms with E-state index in [-0.39, 0.29) is 34.2 Å². The van der Waals surface area contributed by atoms with Gasteiger partial charge in [-0.3, -0.25) is 18.7 Å². The summed E-state index contributed by atoms with van der Waals surface area (Å²) < 4.78 is 4.21. The predicted octanol–water partition coefficient (Wildman–Crippen LogP) is 5.66. The van der Waals surface area contributed by atoms with Crippen molar-refractivity contribution in [3.63, 3.8) is 0 Å². The van der Waals surface area contributed by atoms with Gasteiger partial charge in [0.05, 0.1) is 17.1 Å². The van der Waals surface area contributed by atoms with Gasteiger partial charge in [-0.2, -0.15) is 0 Å². The number of hydrogen-bond acceptors (Lipinski definition) is 8. The van der Waals surface area contributed by atoms with Crippen molar-refractivity contribution in [3.8, 4) is 22.9 Å². The first kappa shape index (κ1) is 24.0. The van der Waals surface area contributed by atoms with Crippen LogP contribution in [0.2, 0.25) is 0 Å². The summed E-state index contributed by atoms with van der Waals surface area (Å²) in [4.78, 5) is 31.4. The lowest BCUT2D eigenvalue weighted by Crippen LogP contribution is -2.22. The Balaban J connectivity index is 1.66. The second kappa shape index (κ2) is 9.73. The molecule has 0 fully saturated rings. The van der Waals surface area contributed by atoms with Crippen molar-refractivity contribution in [1.82, 2.24) is 14.1 Å². The highest BCUT2D eigenvalue weighted by atomic mass is 32.2. The lowest BCUT2D eigenvalue weighted by atomic mass is 10.1. The molecule has 36 heavy (non-hydrogen) atoms. The molecular weight excluding hydrogens is 515 g/mol. The number of para-hydroxylation sites is 2. The van der Waals surface area contributed by atoms with Crippen LogP contribution in [0, 0.1) is 10.9 Å². The fourth-order valence-electron chi connectivity index (χ4n) is 3.77. The van der Waals surface area contributed by atoms with Crippen molar-refractivity contribution in [3.05, 3.63) is 98.2 Å². The number of phenolic OH excluding ortho intramolecular Hbond substituents is 2. The molecule has 0 saturated heterocycles. The van der Waals surface area contributed by atoms with E-state index in [1.165, 1.54) is 34.1 Å². The SMILES string of the molecule is Cc1ccccc1-n1c(=S)sc2c(=O)n(-c3ccccc3)c(SCC(=O)c3ccc(O)c(O)c3)nc21. The van der Waals surface area contributed by atoms with Gasteiger partial charge in [-0.1, -0.05) is 59.5 Å². The average molecular weight is 534 g/mol. The van der Waals surface area contributed by atoms with Crippen LogP contribution in [-0.4, -0.2) is 35.9 Å². The quantitative estimate of drug-likeness (QED) is 0.0955. The lowest BCUT2D eigenvalue weighted by molar-refractivity contribution is 0.102. The molecule has 3 aromatic carbocycles. The molecule has 0 atom stereocenters. The topological polar surface area (TPSA) is 97.4 Å². The number of thioether (sulfide) groups is 1. The van der Waals surface area contributed by atoms with Gasteiger partial charge in [0.2, 0.25) is 0 Å². The van der Waals surface area contributed by atoms with E-state index in [9.17, 15) is 19.8 Å². The highest BCUT2D eigenvalue weighted by molar-refractivity contribution is 7.99. The van der Waals surface area contributed by atoms with E-state index >= 15 is 0 Å². The molecule has 2 N–H and O–H groups in total. The van der Waals surface area contributed by atoms with Crippen LogP contribution >= 0.6 is 35.3 Å². The van der Waals surface area contributed by atoms with Gasteiger partial charge in [-0.15, -0.1) is 0 Å². The number of aromatic hydroxyl groups is 2. The van der Waals surface area contributed by atoms with Gasteiger partial charge in [-0.05, 0) is 61.1 Å². The maximum absolute atomic E-state index is 13.7. The van der Waals surface area contributed by atoms with E-state index in [1.807, 2.05) is 49.4 Å². The van der Waals surface area contributed by atoms with Crippen molar-refractivity contribution < 1.29 is 15.0 Å². The first-order valence-electron chi connectivity index (χ1n) is 10.8. The van der Waals surface area contributed by atoms with E-state index < -0.39 is 0 Å². The Morgan fingerprint density at radius 2 is 1.72 bits per heavy atom. The Bertz CT molecular complexity index is 1740. The highest BCUT2D eigenvalue weighted by Gasteiger charge is 2.20. The van der Waals surface area contributed by atoms with Gasteiger partial charge in [0.25, 0.3) is 5.56 Å². The number of aromatic nitrogens is 3. The summed E-state index contributed by atoms with van der Waals surface area (Å²) in [5.41, 5.74) is 2.85. The summed E-state index contributed by atoms with van der Waals surface area (Å²) in [5.74, 6) is -1.00. The molecule has 0 spiro atoms. The second-order valence-corrected chi connectivity index (χ2v) is 10.5. The first-order valence-corrected chi connectivity index (χ1v) is 13.0.